The normalized spacial score (nSPS) is 17.2. The number of piperazine rings is 1. The second kappa shape index (κ2) is 11.8. The van der Waals surface area contributed by atoms with Crippen molar-refractivity contribution >= 4 is 46.2 Å². The van der Waals surface area contributed by atoms with Crippen molar-refractivity contribution in [2.45, 2.75) is 19.5 Å². The van der Waals surface area contributed by atoms with Crippen LogP contribution in [0, 0.1) is 17.3 Å². The fourth-order valence-corrected chi connectivity index (χ4v) is 4.15. The van der Waals surface area contributed by atoms with Gasteiger partial charge in [0.1, 0.15) is 5.82 Å². The molecule has 0 saturated carbocycles. The first-order chi connectivity index (χ1) is 15.9. The van der Waals surface area contributed by atoms with E-state index >= 15 is 0 Å². The van der Waals surface area contributed by atoms with Gasteiger partial charge in [0.2, 0.25) is 5.91 Å². The van der Waals surface area contributed by atoms with Crippen LogP contribution in [-0.4, -0.2) is 52.8 Å². The van der Waals surface area contributed by atoms with Crippen molar-refractivity contribution in [3.05, 3.63) is 70.5 Å². The molecule has 1 heterocycles. The number of nitriles is 1. The molecule has 33 heavy (non-hydrogen) atoms. The van der Waals surface area contributed by atoms with Gasteiger partial charge in [0.25, 0.3) is 0 Å². The summed E-state index contributed by atoms with van der Waals surface area (Å²) < 4.78 is 13.1. The Morgan fingerprint density at radius 3 is 2.76 bits per heavy atom. The highest BCUT2D eigenvalue weighted by molar-refractivity contribution is 8.13. The average molecular weight is 486 g/mol. The number of rotatable bonds is 5. The minimum Gasteiger partial charge on any atom is -0.334 e. The van der Waals surface area contributed by atoms with E-state index in [1.54, 1.807) is 42.5 Å². The molecule has 3 rings (SSSR count). The van der Waals surface area contributed by atoms with Crippen molar-refractivity contribution in [1.29, 1.82) is 5.26 Å². The summed E-state index contributed by atoms with van der Waals surface area (Å²) in [4.78, 5) is 21.5. The van der Waals surface area contributed by atoms with Crippen LogP contribution in [0.15, 0.2) is 53.5 Å². The van der Waals surface area contributed by atoms with Crippen LogP contribution in [0.3, 0.4) is 0 Å². The zero-order chi connectivity index (χ0) is 23.8. The number of carbonyl (C=O) groups excluding carboxylic acids is 1. The molecule has 9 heteroatoms. The van der Waals surface area contributed by atoms with Gasteiger partial charge in [-0.1, -0.05) is 41.6 Å². The van der Waals surface area contributed by atoms with Gasteiger partial charge in [0.15, 0.2) is 11.4 Å². The van der Waals surface area contributed by atoms with Gasteiger partial charge in [-0.3, -0.25) is 15.0 Å². The van der Waals surface area contributed by atoms with Gasteiger partial charge in [-0.05, 0) is 49.1 Å². The van der Waals surface area contributed by atoms with Crippen LogP contribution in [0.2, 0.25) is 5.02 Å². The maximum Gasteiger partial charge on any atom is 0.246 e. The van der Waals surface area contributed by atoms with Gasteiger partial charge in [0.05, 0.1) is 5.69 Å². The smallest absolute Gasteiger partial charge is 0.246 e. The SMILES string of the molecule is CSC(=Nc1cc(Cl)ccc1/C=C/C(=O)N1CCN(Cc2ccc(F)cc2)CC1C)NC#N. The highest BCUT2D eigenvalue weighted by atomic mass is 35.5. The average Bonchev–Trinajstić information content (AvgIpc) is 2.79. The van der Waals surface area contributed by atoms with E-state index in [2.05, 4.69) is 15.2 Å². The number of amides is 1. The second-order valence-corrected chi connectivity index (χ2v) is 8.87. The largest absolute Gasteiger partial charge is 0.334 e. The lowest BCUT2D eigenvalue weighted by Crippen LogP contribution is -2.53. The summed E-state index contributed by atoms with van der Waals surface area (Å²) in [5, 5.41) is 12.3. The Morgan fingerprint density at radius 2 is 2.09 bits per heavy atom. The maximum absolute atomic E-state index is 13.1. The summed E-state index contributed by atoms with van der Waals surface area (Å²) in [5.74, 6) is -0.316. The fraction of sp³-hybridized carbons (Fsp3) is 0.292. The first kappa shape index (κ1) is 24.8. The van der Waals surface area contributed by atoms with E-state index in [1.165, 1.54) is 23.9 Å². The Morgan fingerprint density at radius 1 is 1.33 bits per heavy atom. The molecule has 1 unspecified atom stereocenters. The number of thioether (sulfide) groups is 1. The predicted molar refractivity (Wildman–Crippen MR) is 133 cm³/mol. The van der Waals surface area contributed by atoms with E-state index in [9.17, 15) is 9.18 Å². The number of halogens is 2. The lowest BCUT2D eigenvalue weighted by molar-refractivity contribution is -0.130. The third-order valence-electron chi connectivity index (χ3n) is 5.29. The number of hydrogen-bond donors (Lipinski definition) is 1. The summed E-state index contributed by atoms with van der Waals surface area (Å²) in [6.07, 6.45) is 6.94. The molecular formula is C24H25ClFN5OS. The van der Waals surface area contributed by atoms with Crippen LogP contribution < -0.4 is 5.32 Å². The van der Waals surface area contributed by atoms with Crippen molar-refractivity contribution in [1.82, 2.24) is 15.1 Å². The third-order valence-corrected chi connectivity index (χ3v) is 6.11. The van der Waals surface area contributed by atoms with E-state index < -0.39 is 0 Å². The van der Waals surface area contributed by atoms with E-state index in [-0.39, 0.29) is 17.8 Å². The standard InChI is InChI=1S/C24H25ClFN5OS/c1-17-14-30(15-18-3-8-21(26)9-4-18)11-12-31(17)23(32)10-6-19-5-7-20(25)13-22(19)29-24(33-2)28-16-27/h3-10,13,17H,11-12,14-15H2,1-2H3,(H,28,29)/b10-6+. The molecule has 1 saturated heterocycles. The van der Waals surface area contributed by atoms with Crippen molar-refractivity contribution in [3.63, 3.8) is 0 Å². The highest BCUT2D eigenvalue weighted by Gasteiger charge is 2.26. The predicted octanol–water partition coefficient (Wildman–Crippen LogP) is 4.65. The Bertz CT molecular complexity index is 1080. The molecule has 6 nitrogen and oxygen atoms in total. The van der Waals surface area contributed by atoms with E-state index in [0.29, 0.717) is 22.4 Å². The molecule has 1 amide bonds. The van der Waals surface area contributed by atoms with Crippen molar-refractivity contribution in [3.8, 4) is 6.19 Å². The van der Waals surface area contributed by atoms with Crippen LogP contribution in [-0.2, 0) is 11.3 Å². The van der Waals surface area contributed by atoms with Gasteiger partial charge < -0.3 is 4.90 Å². The summed E-state index contributed by atoms with van der Waals surface area (Å²) in [5.41, 5.74) is 2.34. The number of nitrogens with zero attached hydrogens (tertiary/aromatic N) is 4. The number of benzene rings is 2. The monoisotopic (exact) mass is 485 g/mol. The van der Waals surface area contributed by atoms with Crippen molar-refractivity contribution in [2.24, 2.45) is 4.99 Å². The number of hydrogen-bond acceptors (Lipinski definition) is 5. The Labute approximate surface area is 202 Å². The quantitative estimate of drug-likeness (QED) is 0.219. The number of amidine groups is 1. The van der Waals surface area contributed by atoms with E-state index in [4.69, 9.17) is 16.9 Å². The summed E-state index contributed by atoms with van der Waals surface area (Å²) >= 11 is 7.42. The minimum atomic E-state index is -0.241. The molecule has 1 fully saturated rings. The molecule has 1 atom stereocenters. The fourth-order valence-electron chi connectivity index (χ4n) is 3.65. The molecule has 2 aromatic carbocycles. The molecule has 1 aliphatic rings. The Hall–Kier alpha value is -2.86. The van der Waals surface area contributed by atoms with Crippen LogP contribution >= 0.6 is 23.4 Å². The van der Waals surface area contributed by atoms with Gasteiger partial charge in [-0.15, -0.1) is 0 Å². The van der Waals surface area contributed by atoms with Gasteiger partial charge in [-0.2, -0.15) is 5.26 Å². The molecule has 172 valence electrons. The summed E-state index contributed by atoms with van der Waals surface area (Å²) in [6.45, 7) is 4.85. The first-order valence-corrected chi connectivity index (χ1v) is 12.0. The minimum absolute atomic E-state index is 0.0435. The zero-order valence-corrected chi connectivity index (χ0v) is 20.0. The first-order valence-electron chi connectivity index (χ1n) is 10.4. The number of aliphatic imine (C=N–C) groups is 1. The van der Waals surface area contributed by atoms with Gasteiger partial charge >= 0.3 is 0 Å². The van der Waals surface area contributed by atoms with Gasteiger partial charge in [0, 0.05) is 48.9 Å². The van der Waals surface area contributed by atoms with E-state index in [0.717, 1.165) is 30.8 Å². The summed E-state index contributed by atoms with van der Waals surface area (Å²) in [6, 6.07) is 11.8. The van der Waals surface area contributed by atoms with Crippen LogP contribution in [0.25, 0.3) is 6.08 Å². The molecule has 0 spiro atoms. The topological polar surface area (TPSA) is 71.7 Å². The third kappa shape index (κ3) is 7.06. The zero-order valence-electron chi connectivity index (χ0n) is 18.5. The van der Waals surface area contributed by atoms with Crippen LogP contribution in [0.4, 0.5) is 10.1 Å². The molecule has 0 bridgehead atoms. The second-order valence-electron chi connectivity index (χ2n) is 7.64. The van der Waals surface area contributed by atoms with Crippen molar-refractivity contribution in [2.75, 3.05) is 25.9 Å². The van der Waals surface area contributed by atoms with Gasteiger partial charge in [-0.25, -0.2) is 9.38 Å². The lowest BCUT2D eigenvalue weighted by atomic mass is 10.1. The van der Waals surface area contributed by atoms with Crippen molar-refractivity contribution < 1.29 is 9.18 Å². The highest BCUT2D eigenvalue weighted by Crippen LogP contribution is 2.26. The molecule has 1 aliphatic heterocycles. The molecule has 0 aromatic heterocycles. The Kier molecular flexibility index (Phi) is 8.89. The lowest BCUT2D eigenvalue weighted by Gasteiger charge is -2.39. The molecule has 0 aliphatic carbocycles. The van der Waals surface area contributed by atoms with Crippen LogP contribution in [0.5, 0.6) is 0 Å². The molecular weight excluding hydrogens is 461 g/mol. The number of nitrogens with one attached hydrogen (secondary N) is 1. The number of carbonyl (C=O) groups is 1. The Balaban J connectivity index is 1.66. The van der Waals surface area contributed by atoms with Crippen LogP contribution in [0.1, 0.15) is 18.1 Å². The maximum atomic E-state index is 13.1. The summed E-state index contributed by atoms with van der Waals surface area (Å²) in [7, 11) is 0. The van der Waals surface area contributed by atoms with E-state index in [1.807, 2.05) is 24.3 Å². The molecule has 1 N–H and O–H groups in total. The molecule has 0 radical (unpaired) electrons. The molecule has 2 aromatic rings.